The highest BCUT2D eigenvalue weighted by molar-refractivity contribution is 5.92. The summed E-state index contributed by atoms with van der Waals surface area (Å²) in [6, 6.07) is 0. The van der Waals surface area contributed by atoms with Gasteiger partial charge in [0.15, 0.2) is 0 Å². The number of nitrogens with zero attached hydrogens (tertiary/aromatic N) is 1. The van der Waals surface area contributed by atoms with Crippen molar-refractivity contribution in [1.82, 2.24) is 10.2 Å². The molecule has 0 aromatic carbocycles. The SMILES string of the molecule is CC(C)OCCCCN1CCC(=O)NC(C)(C)C1=O. The van der Waals surface area contributed by atoms with E-state index in [-0.39, 0.29) is 17.9 Å². The van der Waals surface area contributed by atoms with E-state index in [1.54, 1.807) is 18.7 Å². The van der Waals surface area contributed by atoms with E-state index in [9.17, 15) is 9.59 Å². The number of amides is 2. The number of carbonyl (C=O) groups excluding carboxylic acids is 2. The molecule has 1 heterocycles. The third-order valence-corrected chi connectivity index (χ3v) is 3.16. The van der Waals surface area contributed by atoms with E-state index in [0.29, 0.717) is 19.5 Å². The first-order chi connectivity index (χ1) is 8.83. The molecule has 0 bridgehead atoms. The second-order valence-corrected chi connectivity index (χ2v) is 5.84. The number of ether oxygens (including phenoxy) is 1. The van der Waals surface area contributed by atoms with Gasteiger partial charge in [-0.15, -0.1) is 0 Å². The minimum absolute atomic E-state index is 0.00290. The van der Waals surface area contributed by atoms with Crippen molar-refractivity contribution < 1.29 is 14.3 Å². The molecule has 1 fully saturated rings. The number of hydrogen-bond donors (Lipinski definition) is 1. The standard InChI is InChI=1S/C14H26N2O3/c1-11(2)19-10-6-5-8-16-9-7-12(17)15-14(3,4)13(16)18/h11H,5-10H2,1-4H3,(H,15,17). The normalized spacial score (nSPS) is 19.5. The molecular weight excluding hydrogens is 244 g/mol. The smallest absolute Gasteiger partial charge is 0.247 e. The molecule has 0 unspecified atom stereocenters. The molecule has 1 aliphatic heterocycles. The summed E-state index contributed by atoms with van der Waals surface area (Å²) in [5, 5.41) is 2.76. The van der Waals surface area contributed by atoms with E-state index in [1.165, 1.54) is 0 Å². The van der Waals surface area contributed by atoms with Gasteiger partial charge in [0.25, 0.3) is 0 Å². The summed E-state index contributed by atoms with van der Waals surface area (Å²) in [4.78, 5) is 25.6. The monoisotopic (exact) mass is 270 g/mol. The molecule has 0 aromatic heterocycles. The van der Waals surface area contributed by atoms with Crippen LogP contribution in [0.5, 0.6) is 0 Å². The van der Waals surface area contributed by atoms with Crippen LogP contribution >= 0.6 is 0 Å². The van der Waals surface area contributed by atoms with Crippen molar-refractivity contribution in [2.45, 2.75) is 58.6 Å². The van der Waals surface area contributed by atoms with Crippen molar-refractivity contribution >= 4 is 11.8 Å². The number of hydrogen-bond acceptors (Lipinski definition) is 3. The number of rotatable bonds is 6. The fourth-order valence-corrected chi connectivity index (χ4v) is 2.13. The summed E-state index contributed by atoms with van der Waals surface area (Å²) < 4.78 is 5.47. The van der Waals surface area contributed by atoms with Crippen molar-refractivity contribution in [1.29, 1.82) is 0 Å². The van der Waals surface area contributed by atoms with Crippen LogP contribution in [0.4, 0.5) is 0 Å². The Morgan fingerprint density at radius 1 is 1.32 bits per heavy atom. The first kappa shape index (κ1) is 16.0. The minimum atomic E-state index is -0.790. The van der Waals surface area contributed by atoms with Gasteiger partial charge in [-0.3, -0.25) is 9.59 Å². The van der Waals surface area contributed by atoms with E-state index in [1.807, 2.05) is 13.8 Å². The number of carbonyl (C=O) groups is 2. The molecule has 0 aromatic rings. The van der Waals surface area contributed by atoms with Gasteiger partial charge in [0.2, 0.25) is 11.8 Å². The summed E-state index contributed by atoms with van der Waals surface area (Å²) in [5.74, 6) is -0.0490. The van der Waals surface area contributed by atoms with E-state index in [4.69, 9.17) is 4.74 Å². The maximum atomic E-state index is 12.3. The van der Waals surface area contributed by atoms with Crippen LogP contribution in [0, 0.1) is 0 Å². The van der Waals surface area contributed by atoms with Crippen molar-refractivity contribution in [2.75, 3.05) is 19.7 Å². The van der Waals surface area contributed by atoms with Crippen LogP contribution in [0.15, 0.2) is 0 Å². The molecule has 1 rings (SSSR count). The molecule has 0 aliphatic carbocycles. The third kappa shape index (κ3) is 5.19. The first-order valence-corrected chi connectivity index (χ1v) is 7.05. The van der Waals surface area contributed by atoms with Gasteiger partial charge in [0.05, 0.1) is 6.10 Å². The van der Waals surface area contributed by atoms with Gasteiger partial charge in [-0.1, -0.05) is 0 Å². The molecular formula is C14H26N2O3. The highest BCUT2D eigenvalue weighted by Gasteiger charge is 2.35. The van der Waals surface area contributed by atoms with E-state index < -0.39 is 5.54 Å². The Kier molecular flexibility index (Phi) is 5.79. The summed E-state index contributed by atoms with van der Waals surface area (Å²) in [5.41, 5.74) is -0.790. The lowest BCUT2D eigenvalue weighted by atomic mass is 10.0. The van der Waals surface area contributed by atoms with Crippen LogP contribution in [-0.4, -0.2) is 48.1 Å². The predicted molar refractivity (Wildman–Crippen MR) is 73.7 cm³/mol. The molecule has 19 heavy (non-hydrogen) atoms. The van der Waals surface area contributed by atoms with E-state index in [2.05, 4.69) is 5.32 Å². The molecule has 5 heteroatoms. The second-order valence-electron chi connectivity index (χ2n) is 5.84. The zero-order chi connectivity index (χ0) is 14.5. The quantitative estimate of drug-likeness (QED) is 0.741. The molecule has 0 radical (unpaired) electrons. The molecule has 0 saturated carbocycles. The predicted octanol–water partition coefficient (Wildman–Crippen LogP) is 1.32. The zero-order valence-corrected chi connectivity index (χ0v) is 12.5. The lowest BCUT2D eigenvalue weighted by Crippen LogP contribution is -2.52. The van der Waals surface area contributed by atoms with Gasteiger partial charge in [0, 0.05) is 26.1 Å². The van der Waals surface area contributed by atoms with Gasteiger partial charge in [-0.05, 0) is 40.5 Å². The molecule has 5 nitrogen and oxygen atoms in total. The van der Waals surface area contributed by atoms with Crippen molar-refractivity contribution in [2.24, 2.45) is 0 Å². The van der Waals surface area contributed by atoms with E-state index in [0.717, 1.165) is 19.4 Å². The van der Waals surface area contributed by atoms with Gasteiger partial charge in [0.1, 0.15) is 5.54 Å². The fraction of sp³-hybridized carbons (Fsp3) is 0.857. The molecule has 110 valence electrons. The molecule has 1 aliphatic rings. The maximum absolute atomic E-state index is 12.3. The van der Waals surface area contributed by atoms with Gasteiger partial charge in [-0.25, -0.2) is 0 Å². The largest absolute Gasteiger partial charge is 0.379 e. The highest BCUT2D eigenvalue weighted by atomic mass is 16.5. The van der Waals surface area contributed by atoms with Gasteiger partial charge in [-0.2, -0.15) is 0 Å². The minimum Gasteiger partial charge on any atom is -0.379 e. The molecule has 0 atom stereocenters. The third-order valence-electron chi connectivity index (χ3n) is 3.16. The Morgan fingerprint density at radius 2 is 2.00 bits per heavy atom. The van der Waals surface area contributed by atoms with Crippen LogP contribution in [0.1, 0.15) is 47.0 Å². The average molecular weight is 270 g/mol. The van der Waals surface area contributed by atoms with Gasteiger partial charge >= 0.3 is 0 Å². The van der Waals surface area contributed by atoms with Crippen LogP contribution in [0.3, 0.4) is 0 Å². The van der Waals surface area contributed by atoms with Crippen LogP contribution in [0.2, 0.25) is 0 Å². The topological polar surface area (TPSA) is 58.6 Å². The Balaban J connectivity index is 2.39. The lowest BCUT2D eigenvalue weighted by molar-refractivity contribution is -0.137. The summed E-state index contributed by atoms with van der Waals surface area (Å²) in [7, 11) is 0. The molecule has 0 spiro atoms. The zero-order valence-electron chi connectivity index (χ0n) is 12.5. The highest BCUT2D eigenvalue weighted by Crippen LogP contribution is 2.14. The molecule has 1 N–H and O–H groups in total. The molecule has 2 amide bonds. The van der Waals surface area contributed by atoms with Crippen molar-refractivity contribution in [3.05, 3.63) is 0 Å². The fourth-order valence-electron chi connectivity index (χ4n) is 2.13. The summed E-state index contributed by atoms with van der Waals surface area (Å²) in [6.45, 7) is 9.47. The first-order valence-electron chi connectivity index (χ1n) is 7.05. The van der Waals surface area contributed by atoms with Crippen molar-refractivity contribution in [3.8, 4) is 0 Å². The number of nitrogens with one attached hydrogen (secondary N) is 1. The lowest BCUT2D eigenvalue weighted by Gasteiger charge is -2.28. The second kappa shape index (κ2) is 6.89. The molecule has 1 saturated heterocycles. The number of unbranched alkanes of at least 4 members (excludes halogenated alkanes) is 1. The van der Waals surface area contributed by atoms with E-state index >= 15 is 0 Å². The van der Waals surface area contributed by atoms with Crippen LogP contribution in [0.25, 0.3) is 0 Å². The summed E-state index contributed by atoms with van der Waals surface area (Å²) >= 11 is 0. The Morgan fingerprint density at radius 3 is 2.63 bits per heavy atom. The van der Waals surface area contributed by atoms with Crippen molar-refractivity contribution in [3.63, 3.8) is 0 Å². The Hall–Kier alpha value is -1.10. The van der Waals surface area contributed by atoms with Crippen LogP contribution in [-0.2, 0) is 14.3 Å². The van der Waals surface area contributed by atoms with Crippen LogP contribution < -0.4 is 5.32 Å². The maximum Gasteiger partial charge on any atom is 0.247 e. The van der Waals surface area contributed by atoms with Gasteiger partial charge < -0.3 is 15.0 Å². The summed E-state index contributed by atoms with van der Waals surface area (Å²) in [6.07, 6.45) is 2.48. The average Bonchev–Trinajstić information content (AvgIpc) is 2.38. The Bertz CT molecular complexity index is 327. The Labute approximate surface area is 115 Å².